The first-order valence-electron chi connectivity index (χ1n) is 12.3. The van der Waals surface area contributed by atoms with Gasteiger partial charge < -0.3 is 43.2 Å². The molecule has 4 unspecified atom stereocenters. The molecule has 0 saturated carbocycles. The third-order valence-electron chi connectivity index (χ3n) is 6.03. The fourth-order valence-electron chi connectivity index (χ4n) is 3.91. The number of carboxylic acid groups (broad SMARTS) is 1. The molecule has 212 valence electrons. The van der Waals surface area contributed by atoms with Crippen LogP contribution in [0.5, 0.6) is 0 Å². The van der Waals surface area contributed by atoms with Crippen LogP contribution in [0.2, 0.25) is 0 Å². The summed E-state index contributed by atoms with van der Waals surface area (Å²) < 4.78 is 0. The van der Waals surface area contributed by atoms with Gasteiger partial charge in [0.2, 0.25) is 29.5 Å². The van der Waals surface area contributed by atoms with E-state index in [-0.39, 0.29) is 19.3 Å². The first-order chi connectivity index (χ1) is 18.3. The van der Waals surface area contributed by atoms with Gasteiger partial charge in [0.05, 0.1) is 12.5 Å². The van der Waals surface area contributed by atoms with Crippen LogP contribution in [-0.2, 0) is 35.2 Å². The molecule has 14 heteroatoms. The smallest absolute Gasteiger partial charge is 0.326 e. The fourth-order valence-corrected chi connectivity index (χ4v) is 3.91. The van der Waals surface area contributed by atoms with E-state index >= 15 is 0 Å². The Labute approximate surface area is 224 Å². The van der Waals surface area contributed by atoms with E-state index in [1.165, 1.54) is 0 Å². The Morgan fingerprint density at radius 2 is 1.54 bits per heavy atom. The van der Waals surface area contributed by atoms with Crippen LogP contribution >= 0.6 is 0 Å². The Hall–Kier alpha value is -4.46. The van der Waals surface area contributed by atoms with Crippen LogP contribution in [0, 0.1) is 5.92 Å². The SMILES string of the molecule is CC(C)C(NC(=O)C(CC(N)=O)NC(=O)C(N)Cc1c[nH]c2ccccc12)C(=O)NC(CCC(N)=O)C(=O)O. The number of nitrogens with one attached hydrogen (secondary N) is 4. The summed E-state index contributed by atoms with van der Waals surface area (Å²) >= 11 is 0. The van der Waals surface area contributed by atoms with Crippen molar-refractivity contribution in [2.24, 2.45) is 23.1 Å². The highest BCUT2D eigenvalue weighted by Crippen LogP contribution is 2.18. The zero-order valence-corrected chi connectivity index (χ0v) is 21.7. The van der Waals surface area contributed by atoms with Crippen LogP contribution < -0.4 is 33.2 Å². The van der Waals surface area contributed by atoms with Gasteiger partial charge in [-0.15, -0.1) is 0 Å². The number of benzene rings is 1. The second-order valence-electron chi connectivity index (χ2n) is 9.54. The lowest BCUT2D eigenvalue weighted by molar-refractivity contribution is -0.143. The third kappa shape index (κ3) is 9.10. The van der Waals surface area contributed by atoms with Crippen LogP contribution in [0.25, 0.3) is 10.9 Å². The van der Waals surface area contributed by atoms with Crippen molar-refractivity contribution in [3.63, 3.8) is 0 Å². The highest BCUT2D eigenvalue weighted by Gasteiger charge is 2.32. The van der Waals surface area contributed by atoms with Crippen molar-refractivity contribution in [3.05, 3.63) is 36.0 Å². The molecule has 0 fully saturated rings. The van der Waals surface area contributed by atoms with Gasteiger partial charge in [0.25, 0.3) is 0 Å². The van der Waals surface area contributed by atoms with Gasteiger partial charge in [-0.3, -0.25) is 24.0 Å². The minimum absolute atomic E-state index is 0.139. The molecule has 0 bridgehead atoms. The Morgan fingerprint density at radius 1 is 0.897 bits per heavy atom. The number of para-hydroxylation sites is 1. The van der Waals surface area contributed by atoms with E-state index in [1.807, 2.05) is 24.3 Å². The average molecular weight is 546 g/mol. The predicted molar refractivity (Wildman–Crippen MR) is 140 cm³/mol. The van der Waals surface area contributed by atoms with Crippen molar-refractivity contribution in [3.8, 4) is 0 Å². The molecule has 14 nitrogen and oxygen atoms in total. The summed E-state index contributed by atoms with van der Waals surface area (Å²) in [5, 5.41) is 17.4. The number of carboxylic acids is 1. The maximum Gasteiger partial charge on any atom is 0.326 e. The second-order valence-corrected chi connectivity index (χ2v) is 9.54. The van der Waals surface area contributed by atoms with E-state index in [1.54, 1.807) is 20.0 Å². The van der Waals surface area contributed by atoms with E-state index in [2.05, 4.69) is 20.9 Å². The standard InChI is InChI=1S/C25H35N7O7/c1-12(2)21(24(37)30-17(25(38)39)7-8-19(27)33)32-23(36)18(10-20(28)34)31-22(35)15(26)9-13-11-29-16-6-4-3-5-14(13)16/h3-6,11-12,15,17-18,21,29H,7-10,26H2,1-2H3,(H2,27,33)(H2,28,34)(H,30,37)(H,31,35)(H,32,36)(H,38,39). The van der Waals surface area contributed by atoms with E-state index in [4.69, 9.17) is 17.2 Å². The Kier molecular flexibility index (Phi) is 11.0. The highest BCUT2D eigenvalue weighted by atomic mass is 16.4. The predicted octanol–water partition coefficient (Wildman–Crippen LogP) is -1.63. The summed E-state index contributed by atoms with van der Waals surface area (Å²) in [6.45, 7) is 3.20. The minimum Gasteiger partial charge on any atom is -0.480 e. The van der Waals surface area contributed by atoms with Crippen LogP contribution in [0.1, 0.15) is 38.7 Å². The molecular formula is C25H35N7O7. The number of carbonyl (C=O) groups is 6. The lowest BCUT2D eigenvalue weighted by Crippen LogP contribution is -2.59. The third-order valence-corrected chi connectivity index (χ3v) is 6.03. The molecule has 39 heavy (non-hydrogen) atoms. The monoisotopic (exact) mass is 545 g/mol. The molecule has 2 rings (SSSR count). The average Bonchev–Trinajstić information content (AvgIpc) is 3.26. The number of fused-ring (bicyclic) bond motifs is 1. The van der Waals surface area contributed by atoms with Crippen molar-refractivity contribution in [2.75, 3.05) is 0 Å². The summed E-state index contributed by atoms with van der Waals surface area (Å²) in [5.41, 5.74) is 18.1. The number of nitrogens with two attached hydrogens (primary N) is 3. The van der Waals surface area contributed by atoms with Crippen molar-refractivity contribution >= 4 is 46.4 Å². The largest absolute Gasteiger partial charge is 0.480 e. The molecule has 11 N–H and O–H groups in total. The molecule has 4 atom stereocenters. The van der Waals surface area contributed by atoms with Gasteiger partial charge in [0.15, 0.2) is 0 Å². The normalized spacial score (nSPS) is 14.2. The molecule has 0 aliphatic carbocycles. The molecule has 0 aliphatic rings. The van der Waals surface area contributed by atoms with Crippen LogP contribution in [0.15, 0.2) is 30.5 Å². The minimum atomic E-state index is -1.44. The summed E-state index contributed by atoms with van der Waals surface area (Å²) in [5.74, 6) is -5.98. The van der Waals surface area contributed by atoms with E-state index < -0.39 is 72.0 Å². The number of aromatic amines is 1. The Balaban J connectivity index is 2.11. The van der Waals surface area contributed by atoms with E-state index in [0.29, 0.717) is 0 Å². The van der Waals surface area contributed by atoms with Crippen molar-refractivity contribution in [2.45, 2.75) is 63.7 Å². The molecule has 0 saturated heterocycles. The van der Waals surface area contributed by atoms with E-state index in [0.717, 1.165) is 16.5 Å². The van der Waals surface area contributed by atoms with Gasteiger partial charge in [-0.2, -0.15) is 0 Å². The van der Waals surface area contributed by atoms with Crippen molar-refractivity contribution in [1.82, 2.24) is 20.9 Å². The Morgan fingerprint density at radius 3 is 2.13 bits per heavy atom. The van der Waals surface area contributed by atoms with E-state index in [9.17, 15) is 33.9 Å². The van der Waals surface area contributed by atoms with Gasteiger partial charge in [-0.1, -0.05) is 32.0 Å². The first-order valence-corrected chi connectivity index (χ1v) is 12.3. The summed E-state index contributed by atoms with van der Waals surface area (Å²) in [6.07, 6.45) is 0.774. The Bertz CT molecular complexity index is 1230. The molecule has 1 heterocycles. The number of amides is 5. The number of rotatable bonds is 15. The first kappa shape index (κ1) is 30.8. The molecule has 1 aromatic carbocycles. The van der Waals surface area contributed by atoms with Crippen LogP contribution in [0.3, 0.4) is 0 Å². The van der Waals surface area contributed by atoms with Gasteiger partial charge >= 0.3 is 5.97 Å². The van der Waals surface area contributed by atoms with Gasteiger partial charge in [0.1, 0.15) is 18.1 Å². The van der Waals surface area contributed by atoms with Gasteiger partial charge in [-0.25, -0.2) is 4.79 Å². The zero-order valence-electron chi connectivity index (χ0n) is 21.7. The number of aromatic nitrogens is 1. The van der Waals surface area contributed by atoms with Crippen molar-refractivity contribution in [1.29, 1.82) is 0 Å². The van der Waals surface area contributed by atoms with Crippen LogP contribution in [-0.4, -0.2) is 69.8 Å². The number of hydrogen-bond donors (Lipinski definition) is 8. The summed E-state index contributed by atoms with van der Waals surface area (Å²) in [4.78, 5) is 76.0. The molecule has 5 amide bonds. The summed E-state index contributed by atoms with van der Waals surface area (Å²) in [7, 11) is 0. The van der Waals surface area contributed by atoms with Crippen molar-refractivity contribution < 1.29 is 33.9 Å². The molecule has 0 spiro atoms. The number of hydrogen-bond acceptors (Lipinski definition) is 7. The lowest BCUT2D eigenvalue weighted by atomic mass is 10.0. The molecular weight excluding hydrogens is 510 g/mol. The lowest BCUT2D eigenvalue weighted by Gasteiger charge is -2.26. The second kappa shape index (κ2) is 13.9. The zero-order chi connectivity index (χ0) is 29.3. The highest BCUT2D eigenvalue weighted by molar-refractivity contribution is 5.96. The molecule has 0 aliphatic heterocycles. The number of carbonyl (C=O) groups excluding carboxylic acids is 5. The summed E-state index contributed by atoms with van der Waals surface area (Å²) in [6, 6.07) is 2.27. The van der Waals surface area contributed by atoms with Crippen LogP contribution in [0.4, 0.5) is 0 Å². The molecule has 1 aromatic heterocycles. The molecule has 2 aromatic rings. The fraction of sp³-hybridized carbons (Fsp3) is 0.440. The quantitative estimate of drug-likeness (QED) is 0.129. The number of H-pyrrole nitrogens is 1. The molecule has 0 radical (unpaired) electrons. The maximum atomic E-state index is 13.0. The maximum absolute atomic E-state index is 13.0. The number of aliphatic carboxylic acids is 1. The number of primary amides is 2. The van der Waals surface area contributed by atoms with Gasteiger partial charge in [-0.05, 0) is 30.4 Å². The topological polar surface area (TPSA) is 253 Å². The van der Waals surface area contributed by atoms with Gasteiger partial charge in [0, 0.05) is 23.5 Å².